The first-order valence-electron chi connectivity index (χ1n) is 17.5. The molecule has 0 fully saturated rings. The molecule has 0 spiro atoms. The summed E-state index contributed by atoms with van der Waals surface area (Å²) in [5, 5.41) is 22.6. The molecule has 0 saturated heterocycles. The van der Waals surface area contributed by atoms with Crippen molar-refractivity contribution in [3.63, 3.8) is 0 Å². The lowest BCUT2D eigenvalue weighted by molar-refractivity contribution is -0.164. The number of hydrogen-bond donors (Lipinski definition) is 2. The van der Waals surface area contributed by atoms with Crippen LogP contribution in [0.5, 0.6) is 0 Å². The first kappa shape index (κ1) is 36.4. The number of aliphatic hydroxyl groups is 2. The van der Waals surface area contributed by atoms with Crippen LogP contribution in [-0.4, -0.2) is 16.0 Å². The SMILES string of the molecule is CCCCCCCCCCCCC(CCCCCCCCCCCC)C(O)(O)C=CC1C(C)=CCCC1(C)C. The van der Waals surface area contributed by atoms with Gasteiger partial charge in [-0.1, -0.05) is 174 Å². The van der Waals surface area contributed by atoms with Crippen molar-refractivity contribution in [3.05, 3.63) is 23.8 Å². The van der Waals surface area contributed by atoms with Crippen molar-refractivity contribution >= 4 is 0 Å². The Hall–Kier alpha value is -0.600. The molecule has 1 aliphatic carbocycles. The molecule has 0 aromatic heterocycles. The Morgan fingerprint density at radius 2 is 1.10 bits per heavy atom. The average molecular weight is 547 g/mol. The van der Waals surface area contributed by atoms with Gasteiger partial charge in [0.15, 0.2) is 5.79 Å². The molecule has 0 saturated carbocycles. The minimum atomic E-state index is -1.70. The zero-order chi connectivity index (χ0) is 28.8. The maximum atomic E-state index is 11.3. The number of rotatable bonds is 25. The van der Waals surface area contributed by atoms with E-state index in [1.165, 1.54) is 121 Å². The van der Waals surface area contributed by atoms with Gasteiger partial charge in [-0.2, -0.15) is 0 Å². The highest BCUT2D eigenvalue weighted by atomic mass is 16.5. The van der Waals surface area contributed by atoms with Crippen molar-refractivity contribution < 1.29 is 10.2 Å². The lowest BCUT2D eigenvalue weighted by atomic mass is 9.68. The molecule has 1 atom stereocenters. The molecule has 230 valence electrons. The van der Waals surface area contributed by atoms with E-state index in [-0.39, 0.29) is 11.3 Å². The third kappa shape index (κ3) is 17.1. The predicted molar refractivity (Wildman–Crippen MR) is 173 cm³/mol. The molecular formula is C37H70O2. The zero-order valence-corrected chi connectivity index (χ0v) is 27.3. The second kappa shape index (κ2) is 22.1. The highest BCUT2D eigenvalue weighted by molar-refractivity contribution is 5.20. The summed E-state index contributed by atoms with van der Waals surface area (Å²) < 4.78 is 0. The van der Waals surface area contributed by atoms with E-state index < -0.39 is 5.79 Å². The van der Waals surface area contributed by atoms with E-state index in [4.69, 9.17) is 0 Å². The maximum Gasteiger partial charge on any atom is 0.185 e. The van der Waals surface area contributed by atoms with Gasteiger partial charge >= 0.3 is 0 Å². The standard InChI is InChI=1S/C37H70O2/c1-6-8-10-12-14-16-18-20-22-24-28-34(29-25-23-21-19-17-15-13-11-9-7-2)37(38,39)32-30-35-33(3)27-26-31-36(35,4)5/h27,30,32,34-35,38-39H,6-26,28-29,31H2,1-5H3. The number of hydrogen-bond acceptors (Lipinski definition) is 2. The summed E-state index contributed by atoms with van der Waals surface area (Å²) in [7, 11) is 0. The molecule has 0 radical (unpaired) electrons. The van der Waals surface area contributed by atoms with Gasteiger partial charge in [0.05, 0.1) is 0 Å². The molecular weight excluding hydrogens is 476 g/mol. The molecule has 2 nitrogen and oxygen atoms in total. The van der Waals surface area contributed by atoms with Crippen LogP contribution in [0.15, 0.2) is 23.8 Å². The molecule has 39 heavy (non-hydrogen) atoms. The van der Waals surface area contributed by atoms with Crippen molar-refractivity contribution in [2.24, 2.45) is 17.3 Å². The summed E-state index contributed by atoms with van der Waals surface area (Å²) in [4.78, 5) is 0. The molecule has 0 aliphatic heterocycles. The number of unbranched alkanes of at least 4 members (excludes halogenated alkanes) is 18. The molecule has 0 bridgehead atoms. The first-order valence-corrected chi connectivity index (χ1v) is 17.5. The summed E-state index contributed by atoms with van der Waals surface area (Å²) in [5.74, 6) is -1.47. The van der Waals surface area contributed by atoms with Gasteiger partial charge in [0.25, 0.3) is 0 Å². The Balaban J connectivity index is 2.52. The smallest absolute Gasteiger partial charge is 0.185 e. The molecule has 0 heterocycles. The van der Waals surface area contributed by atoms with Crippen molar-refractivity contribution in [1.29, 1.82) is 0 Å². The monoisotopic (exact) mass is 547 g/mol. The lowest BCUT2D eigenvalue weighted by Crippen LogP contribution is -2.36. The van der Waals surface area contributed by atoms with Crippen LogP contribution in [0.4, 0.5) is 0 Å². The van der Waals surface area contributed by atoms with Gasteiger partial charge in [0, 0.05) is 11.8 Å². The van der Waals surface area contributed by atoms with Gasteiger partial charge in [-0.25, -0.2) is 0 Å². The van der Waals surface area contributed by atoms with E-state index in [2.05, 4.69) is 46.8 Å². The molecule has 1 rings (SSSR count). The molecule has 0 aromatic rings. The minimum absolute atomic E-state index is 0.0622. The van der Waals surface area contributed by atoms with Crippen molar-refractivity contribution in [2.45, 2.75) is 195 Å². The van der Waals surface area contributed by atoms with E-state index in [1.54, 1.807) is 6.08 Å². The zero-order valence-electron chi connectivity index (χ0n) is 27.3. The fourth-order valence-corrected chi connectivity index (χ4v) is 6.68. The van der Waals surface area contributed by atoms with Gasteiger partial charge < -0.3 is 10.2 Å². The summed E-state index contributed by atoms with van der Waals surface area (Å²) in [6.45, 7) is 11.4. The van der Waals surface area contributed by atoms with E-state index >= 15 is 0 Å². The average Bonchev–Trinajstić information content (AvgIpc) is 2.88. The summed E-state index contributed by atoms with van der Waals surface area (Å²) in [5.41, 5.74) is 1.55. The third-order valence-electron chi connectivity index (χ3n) is 9.53. The van der Waals surface area contributed by atoms with E-state index in [0.29, 0.717) is 5.92 Å². The van der Waals surface area contributed by atoms with E-state index in [0.717, 1.165) is 38.5 Å². The summed E-state index contributed by atoms with van der Waals surface area (Å²) in [6, 6.07) is 0. The highest BCUT2D eigenvalue weighted by Crippen LogP contribution is 2.42. The molecule has 1 aliphatic rings. The Kier molecular flexibility index (Phi) is 20.6. The van der Waals surface area contributed by atoms with Crippen molar-refractivity contribution in [1.82, 2.24) is 0 Å². The van der Waals surface area contributed by atoms with Gasteiger partial charge in [-0.05, 0) is 44.1 Å². The molecule has 0 amide bonds. The van der Waals surface area contributed by atoms with Crippen LogP contribution in [0.3, 0.4) is 0 Å². The topological polar surface area (TPSA) is 40.5 Å². The fraction of sp³-hybridized carbons (Fsp3) is 0.892. The Bertz CT molecular complexity index is 605. The largest absolute Gasteiger partial charge is 0.362 e. The molecule has 2 heteroatoms. The molecule has 0 aromatic carbocycles. The van der Waals surface area contributed by atoms with Gasteiger partial charge in [0.2, 0.25) is 0 Å². The van der Waals surface area contributed by atoms with Crippen LogP contribution >= 0.6 is 0 Å². The lowest BCUT2D eigenvalue weighted by Gasteiger charge is -2.37. The molecule has 2 N–H and O–H groups in total. The van der Waals surface area contributed by atoms with Crippen LogP contribution in [0.1, 0.15) is 189 Å². The Morgan fingerprint density at radius 1 is 0.718 bits per heavy atom. The maximum absolute atomic E-state index is 11.3. The van der Waals surface area contributed by atoms with Crippen LogP contribution in [0.2, 0.25) is 0 Å². The van der Waals surface area contributed by atoms with Crippen LogP contribution in [-0.2, 0) is 0 Å². The number of allylic oxidation sites excluding steroid dienone is 3. The van der Waals surface area contributed by atoms with Crippen LogP contribution < -0.4 is 0 Å². The second-order valence-corrected chi connectivity index (χ2v) is 13.7. The summed E-state index contributed by atoms with van der Waals surface area (Å²) in [6.07, 6.45) is 36.8. The van der Waals surface area contributed by atoms with Gasteiger partial charge in [-0.3, -0.25) is 0 Å². The summed E-state index contributed by atoms with van der Waals surface area (Å²) >= 11 is 0. The quantitative estimate of drug-likeness (QED) is 0.0679. The second-order valence-electron chi connectivity index (χ2n) is 13.7. The highest BCUT2D eigenvalue weighted by Gasteiger charge is 2.34. The predicted octanol–water partition coefficient (Wildman–Crippen LogP) is 11.8. The van der Waals surface area contributed by atoms with Crippen molar-refractivity contribution in [3.8, 4) is 0 Å². The van der Waals surface area contributed by atoms with Gasteiger partial charge in [-0.15, -0.1) is 0 Å². The fourth-order valence-electron chi connectivity index (χ4n) is 6.68. The van der Waals surface area contributed by atoms with E-state index in [9.17, 15) is 10.2 Å². The third-order valence-corrected chi connectivity index (χ3v) is 9.53. The molecule has 1 unspecified atom stereocenters. The van der Waals surface area contributed by atoms with Crippen LogP contribution in [0, 0.1) is 17.3 Å². The first-order chi connectivity index (χ1) is 18.7. The van der Waals surface area contributed by atoms with Crippen molar-refractivity contribution in [2.75, 3.05) is 0 Å². The normalized spacial score (nSPS) is 17.8. The minimum Gasteiger partial charge on any atom is -0.362 e. The van der Waals surface area contributed by atoms with Gasteiger partial charge in [0.1, 0.15) is 0 Å². The Morgan fingerprint density at radius 3 is 1.49 bits per heavy atom. The van der Waals surface area contributed by atoms with E-state index in [1.807, 2.05) is 0 Å². The Labute approximate surface area is 245 Å². The van der Waals surface area contributed by atoms with Crippen LogP contribution in [0.25, 0.3) is 0 Å².